The molecule has 0 saturated carbocycles. The molecule has 0 aliphatic carbocycles. The number of fused-ring (bicyclic) bond motifs is 1. The van der Waals surface area contributed by atoms with Crippen LogP contribution < -0.4 is 16.4 Å². The molecule has 8 nitrogen and oxygen atoms in total. The third kappa shape index (κ3) is 7.15. The van der Waals surface area contributed by atoms with Crippen LogP contribution in [0.5, 0.6) is 0 Å². The highest BCUT2D eigenvalue weighted by molar-refractivity contribution is 6.02. The van der Waals surface area contributed by atoms with Gasteiger partial charge in [-0.2, -0.15) is 13.2 Å². The summed E-state index contributed by atoms with van der Waals surface area (Å²) in [7, 11) is 0. The van der Waals surface area contributed by atoms with E-state index in [1.165, 1.54) is 12.4 Å². The van der Waals surface area contributed by atoms with Crippen LogP contribution in [0.25, 0.3) is 22.0 Å². The molecule has 0 unspecified atom stereocenters. The van der Waals surface area contributed by atoms with E-state index >= 15 is 0 Å². The van der Waals surface area contributed by atoms with Crippen LogP contribution in [0.1, 0.15) is 39.0 Å². The molecule has 0 saturated heterocycles. The van der Waals surface area contributed by atoms with Gasteiger partial charge in [-0.1, -0.05) is 42.5 Å². The minimum absolute atomic E-state index is 0.0463. The number of rotatable bonds is 10. The molecule has 3 aromatic carbocycles. The van der Waals surface area contributed by atoms with E-state index in [1.54, 1.807) is 12.1 Å². The molecule has 0 atom stereocenters. The summed E-state index contributed by atoms with van der Waals surface area (Å²) >= 11 is 0. The van der Waals surface area contributed by atoms with Gasteiger partial charge < -0.3 is 21.5 Å². The number of hydrogen-bond acceptors (Lipinski definition) is 7. The van der Waals surface area contributed by atoms with Crippen molar-refractivity contribution in [2.24, 2.45) is 0 Å². The molecule has 0 aliphatic rings. The zero-order valence-electron chi connectivity index (χ0n) is 23.6. The van der Waals surface area contributed by atoms with Crippen LogP contribution in [0.2, 0.25) is 0 Å². The topological polar surface area (TPSA) is 126 Å². The summed E-state index contributed by atoms with van der Waals surface area (Å²) in [6.07, 6.45) is -1.53. The van der Waals surface area contributed by atoms with Gasteiger partial charge in [0.1, 0.15) is 18.0 Å². The van der Waals surface area contributed by atoms with E-state index in [-0.39, 0.29) is 36.6 Å². The lowest BCUT2D eigenvalue weighted by atomic mass is 9.96. The number of alkyl halides is 3. The van der Waals surface area contributed by atoms with Gasteiger partial charge in [0, 0.05) is 25.9 Å². The first-order valence-electron chi connectivity index (χ1n) is 13.8. The molecule has 0 bridgehead atoms. The Kier molecular flexibility index (Phi) is 9.18. The number of aryl methyl sites for hydroxylation is 1. The summed E-state index contributed by atoms with van der Waals surface area (Å²) in [5.41, 5.74) is 8.96. The highest BCUT2D eigenvalue weighted by atomic mass is 19.4. The fraction of sp³-hybridized carbons (Fsp3) is 0.188. The summed E-state index contributed by atoms with van der Waals surface area (Å²) in [5.74, 6) is -2.84. The van der Waals surface area contributed by atoms with Crippen molar-refractivity contribution in [2.45, 2.75) is 32.1 Å². The number of aliphatic hydroxyl groups excluding tert-OH is 1. The number of halogens is 5. The minimum Gasteiger partial charge on any atom is -0.396 e. The summed E-state index contributed by atoms with van der Waals surface area (Å²) in [6.45, 7) is -0.0846. The van der Waals surface area contributed by atoms with Crippen molar-refractivity contribution >= 4 is 28.4 Å². The predicted molar refractivity (Wildman–Crippen MR) is 159 cm³/mol. The Morgan fingerprint density at radius 3 is 2.36 bits per heavy atom. The van der Waals surface area contributed by atoms with Crippen molar-refractivity contribution in [1.82, 2.24) is 20.3 Å². The molecular formula is C32H27F5N6O2. The van der Waals surface area contributed by atoms with Crippen molar-refractivity contribution in [2.75, 3.05) is 17.7 Å². The molecular weight excluding hydrogens is 595 g/mol. The number of anilines is 2. The highest BCUT2D eigenvalue weighted by Gasteiger charge is 2.32. The van der Waals surface area contributed by atoms with Crippen LogP contribution in [-0.2, 0) is 25.7 Å². The second-order valence-electron chi connectivity index (χ2n) is 10.2. The standard InChI is InChI=1S/C32H27F5N6O2/c33-25-10-5-19(12-26(25)34)15-41-31(45)24-13-22(32(35,36)37)16-40-30(24)39-14-18-3-6-20(7-4-18)23-9-8-21(2-1-11-44)28-27(23)29(38)43-17-42-28/h3-10,12-13,16-17,44H,1-2,11,14-15H2,(H,39,40)(H,41,45)(H2,38,42,43). The fourth-order valence-corrected chi connectivity index (χ4v) is 4.82. The Balaban J connectivity index is 1.35. The first-order chi connectivity index (χ1) is 21.5. The number of carbonyl (C=O) groups excluding carboxylic acids is 1. The van der Waals surface area contributed by atoms with E-state index in [9.17, 15) is 31.9 Å². The minimum atomic E-state index is -4.74. The number of amides is 1. The van der Waals surface area contributed by atoms with Crippen LogP contribution in [-0.4, -0.2) is 32.6 Å². The molecule has 13 heteroatoms. The van der Waals surface area contributed by atoms with Crippen LogP contribution in [0.3, 0.4) is 0 Å². The fourth-order valence-electron chi connectivity index (χ4n) is 4.82. The Labute approximate surface area is 254 Å². The Bertz CT molecular complexity index is 1850. The first-order valence-corrected chi connectivity index (χ1v) is 13.8. The van der Waals surface area contributed by atoms with Gasteiger partial charge in [0.15, 0.2) is 11.6 Å². The maximum atomic E-state index is 13.5. The molecule has 5 rings (SSSR count). The molecule has 0 spiro atoms. The van der Waals surface area contributed by atoms with Gasteiger partial charge in [0.05, 0.1) is 22.0 Å². The maximum Gasteiger partial charge on any atom is 0.417 e. The van der Waals surface area contributed by atoms with E-state index in [1.807, 2.05) is 24.3 Å². The Morgan fingerprint density at radius 1 is 0.889 bits per heavy atom. The quantitative estimate of drug-likeness (QED) is 0.140. The first kappa shape index (κ1) is 31.3. The molecule has 2 aromatic heterocycles. The molecule has 0 aliphatic heterocycles. The second-order valence-corrected chi connectivity index (χ2v) is 10.2. The van der Waals surface area contributed by atoms with Crippen LogP contribution >= 0.6 is 0 Å². The predicted octanol–water partition coefficient (Wildman–Crippen LogP) is 6.04. The largest absolute Gasteiger partial charge is 0.417 e. The molecule has 45 heavy (non-hydrogen) atoms. The molecule has 0 radical (unpaired) electrons. The van der Waals surface area contributed by atoms with Crippen molar-refractivity contribution in [1.29, 1.82) is 0 Å². The monoisotopic (exact) mass is 622 g/mol. The van der Waals surface area contributed by atoms with E-state index in [0.717, 1.165) is 34.4 Å². The molecule has 0 fully saturated rings. The molecule has 5 N–H and O–H groups in total. The van der Waals surface area contributed by atoms with Crippen LogP contribution in [0.4, 0.5) is 33.6 Å². The van der Waals surface area contributed by atoms with E-state index in [0.29, 0.717) is 41.8 Å². The summed E-state index contributed by atoms with van der Waals surface area (Å²) in [6, 6.07) is 14.9. The van der Waals surface area contributed by atoms with E-state index in [2.05, 4.69) is 25.6 Å². The maximum absolute atomic E-state index is 13.5. The van der Waals surface area contributed by atoms with Crippen LogP contribution in [0, 0.1) is 11.6 Å². The van der Waals surface area contributed by atoms with Gasteiger partial charge in [-0.15, -0.1) is 0 Å². The average Bonchev–Trinajstić information content (AvgIpc) is 3.03. The third-order valence-electron chi connectivity index (χ3n) is 7.13. The number of nitrogens with zero attached hydrogens (tertiary/aromatic N) is 3. The van der Waals surface area contributed by atoms with Gasteiger partial charge in [-0.3, -0.25) is 4.79 Å². The molecule has 232 valence electrons. The summed E-state index contributed by atoms with van der Waals surface area (Å²) in [4.78, 5) is 25.4. The number of carbonyl (C=O) groups is 1. The van der Waals surface area contributed by atoms with Gasteiger partial charge >= 0.3 is 6.18 Å². The number of benzene rings is 3. The van der Waals surface area contributed by atoms with Gasteiger partial charge in [0.25, 0.3) is 5.91 Å². The van der Waals surface area contributed by atoms with Crippen molar-refractivity contribution in [3.63, 3.8) is 0 Å². The third-order valence-corrected chi connectivity index (χ3v) is 7.13. The van der Waals surface area contributed by atoms with Crippen molar-refractivity contribution < 1.29 is 31.9 Å². The summed E-state index contributed by atoms with van der Waals surface area (Å²) in [5, 5.41) is 15.3. The van der Waals surface area contributed by atoms with Crippen LogP contribution in [0.15, 0.2) is 73.2 Å². The molecule has 5 aromatic rings. The highest BCUT2D eigenvalue weighted by Crippen LogP contribution is 2.34. The van der Waals surface area contributed by atoms with Gasteiger partial charge in [0.2, 0.25) is 0 Å². The summed E-state index contributed by atoms with van der Waals surface area (Å²) < 4.78 is 67.1. The molecule has 1 amide bonds. The van der Waals surface area contributed by atoms with E-state index < -0.39 is 29.3 Å². The lowest BCUT2D eigenvalue weighted by Gasteiger charge is -2.15. The Morgan fingerprint density at radius 2 is 1.64 bits per heavy atom. The molecule has 2 heterocycles. The zero-order chi connectivity index (χ0) is 32.1. The van der Waals surface area contributed by atoms with E-state index in [4.69, 9.17) is 5.73 Å². The lowest BCUT2D eigenvalue weighted by Crippen LogP contribution is -2.25. The normalized spacial score (nSPS) is 11.5. The van der Waals surface area contributed by atoms with Crippen molar-refractivity contribution in [3.05, 3.63) is 113 Å². The number of nitrogens with one attached hydrogen (secondary N) is 2. The smallest absolute Gasteiger partial charge is 0.396 e. The lowest BCUT2D eigenvalue weighted by molar-refractivity contribution is -0.137. The Hall–Kier alpha value is -5.17. The number of aliphatic hydroxyl groups is 1. The van der Waals surface area contributed by atoms with Gasteiger partial charge in [-0.25, -0.2) is 23.7 Å². The number of pyridine rings is 1. The second kappa shape index (κ2) is 13.2. The van der Waals surface area contributed by atoms with Crippen molar-refractivity contribution in [3.8, 4) is 11.1 Å². The zero-order valence-corrected chi connectivity index (χ0v) is 23.6. The number of nitrogens with two attached hydrogens (primary N) is 1. The SMILES string of the molecule is Nc1ncnc2c(CCCO)ccc(-c3ccc(CNc4ncc(C(F)(F)F)cc4C(=O)NCc4ccc(F)c(F)c4)cc3)c12. The number of nitrogen functional groups attached to an aromatic ring is 1. The van der Waals surface area contributed by atoms with Gasteiger partial charge in [-0.05, 0) is 58.9 Å². The number of aromatic nitrogens is 3. The number of hydrogen-bond donors (Lipinski definition) is 4. The average molecular weight is 623 g/mol.